The molecule has 0 aliphatic heterocycles. The van der Waals surface area contributed by atoms with Gasteiger partial charge in [-0.05, 0) is 56.7 Å². The smallest absolute Gasteiger partial charge is 0.221 e. The van der Waals surface area contributed by atoms with Crippen LogP contribution in [0.2, 0.25) is 0 Å². The summed E-state index contributed by atoms with van der Waals surface area (Å²) in [7, 11) is 0. The molecule has 0 spiro atoms. The van der Waals surface area contributed by atoms with Gasteiger partial charge in [0.1, 0.15) is 0 Å². The fraction of sp³-hybridized carbons (Fsp3) is 0.312. The van der Waals surface area contributed by atoms with Crippen molar-refractivity contribution in [3.63, 3.8) is 0 Å². The second-order valence-corrected chi connectivity index (χ2v) is 6.45. The summed E-state index contributed by atoms with van der Waals surface area (Å²) in [6, 6.07) is 10.3. The van der Waals surface area contributed by atoms with Crippen molar-refractivity contribution in [2.75, 3.05) is 10.6 Å². The first kappa shape index (κ1) is 14.6. The fourth-order valence-electron chi connectivity index (χ4n) is 2.26. The van der Waals surface area contributed by atoms with Crippen molar-refractivity contribution in [1.82, 2.24) is 0 Å². The van der Waals surface area contributed by atoms with Crippen LogP contribution < -0.4 is 10.6 Å². The highest BCUT2D eigenvalue weighted by Gasteiger charge is 2.11. The monoisotopic (exact) mass is 288 g/mol. The summed E-state index contributed by atoms with van der Waals surface area (Å²) < 4.78 is 0. The Balaban J connectivity index is 2.06. The van der Waals surface area contributed by atoms with Gasteiger partial charge in [0.2, 0.25) is 5.91 Å². The Morgan fingerprint density at radius 3 is 2.25 bits per heavy atom. The van der Waals surface area contributed by atoms with Gasteiger partial charge in [-0.2, -0.15) is 0 Å². The van der Waals surface area contributed by atoms with Crippen LogP contribution in [-0.4, -0.2) is 5.91 Å². The molecule has 1 atom stereocenters. The molecule has 20 heavy (non-hydrogen) atoms. The zero-order valence-electron chi connectivity index (χ0n) is 12.3. The lowest BCUT2D eigenvalue weighted by atomic mass is 10.1. The van der Waals surface area contributed by atoms with Crippen molar-refractivity contribution < 1.29 is 4.79 Å². The molecule has 0 aliphatic rings. The van der Waals surface area contributed by atoms with E-state index in [0.717, 1.165) is 11.4 Å². The van der Waals surface area contributed by atoms with Crippen LogP contribution in [0.4, 0.5) is 11.4 Å². The normalized spacial score (nSPS) is 12.0. The number of hydrogen-bond donors (Lipinski definition) is 2. The molecule has 2 rings (SSSR count). The van der Waals surface area contributed by atoms with E-state index in [0.29, 0.717) is 0 Å². The molecule has 0 fully saturated rings. The van der Waals surface area contributed by atoms with E-state index in [4.69, 9.17) is 0 Å². The number of rotatable bonds is 4. The van der Waals surface area contributed by atoms with Crippen molar-refractivity contribution in [2.24, 2.45) is 0 Å². The molecule has 1 heterocycles. The van der Waals surface area contributed by atoms with Gasteiger partial charge < -0.3 is 10.6 Å². The number of thiophene rings is 1. The predicted molar refractivity (Wildman–Crippen MR) is 86.6 cm³/mol. The van der Waals surface area contributed by atoms with Crippen LogP contribution in [0.1, 0.15) is 35.2 Å². The third kappa shape index (κ3) is 3.61. The number of carbonyl (C=O) groups is 1. The molecule has 106 valence electrons. The van der Waals surface area contributed by atoms with Gasteiger partial charge in [-0.25, -0.2) is 0 Å². The van der Waals surface area contributed by atoms with Crippen LogP contribution in [0.15, 0.2) is 30.3 Å². The summed E-state index contributed by atoms with van der Waals surface area (Å²) in [4.78, 5) is 13.7. The first-order chi connectivity index (χ1) is 9.45. The second kappa shape index (κ2) is 6.09. The molecule has 2 aromatic rings. The molecule has 1 aromatic heterocycles. The van der Waals surface area contributed by atoms with Gasteiger partial charge in [0.15, 0.2) is 0 Å². The van der Waals surface area contributed by atoms with Crippen LogP contribution in [0.25, 0.3) is 0 Å². The van der Waals surface area contributed by atoms with Gasteiger partial charge in [-0.15, -0.1) is 11.3 Å². The summed E-state index contributed by atoms with van der Waals surface area (Å²) >= 11 is 1.83. The third-order valence-electron chi connectivity index (χ3n) is 3.13. The van der Waals surface area contributed by atoms with Gasteiger partial charge in [0.05, 0.1) is 0 Å². The largest absolute Gasteiger partial charge is 0.378 e. The summed E-state index contributed by atoms with van der Waals surface area (Å²) in [5, 5.41) is 6.25. The van der Waals surface area contributed by atoms with Crippen LogP contribution >= 0.6 is 11.3 Å². The summed E-state index contributed by atoms with van der Waals surface area (Å²) in [5.41, 5.74) is 3.21. The van der Waals surface area contributed by atoms with Crippen molar-refractivity contribution >= 4 is 28.6 Å². The van der Waals surface area contributed by atoms with Crippen LogP contribution in [0, 0.1) is 13.8 Å². The zero-order valence-corrected chi connectivity index (χ0v) is 13.1. The lowest BCUT2D eigenvalue weighted by Gasteiger charge is -2.15. The molecule has 0 aliphatic carbocycles. The van der Waals surface area contributed by atoms with Crippen molar-refractivity contribution in [3.05, 3.63) is 45.6 Å². The fourth-order valence-corrected chi connectivity index (χ4v) is 3.28. The van der Waals surface area contributed by atoms with Crippen molar-refractivity contribution in [2.45, 2.75) is 33.7 Å². The Morgan fingerprint density at radius 2 is 1.75 bits per heavy atom. The van der Waals surface area contributed by atoms with Gasteiger partial charge in [0, 0.05) is 34.1 Å². The molecular formula is C16H20N2OS. The van der Waals surface area contributed by atoms with E-state index >= 15 is 0 Å². The molecule has 3 nitrogen and oxygen atoms in total. The van der Waals surface area contributed by atoms with Crippen molar-refractivity contribution in [3.8, 4) is 0 Å². The standard InChI is InChI=1S/C16H20N2OS/c1-10-9-16(12(3)20-10)11(2)17-14-5-7-15(8-6-14)18-13(4)19/h5-9,11,17H,1-4H3,(H,18,19). The summed E-state index contributed by atoms with van der Waals surface area (Å²) in [5.74, 6) is -0.0524. The average molecular weight is 288 g/mol. The van der Waals surface area contributed by atoms with E-state index in [2.05, 4.69) is 37.5 Å². The molecule has 0 radical (unpaired) electrons. The van der Waals surface area contributed by atoms with Crippen LogP contribution in [-0.2, 0) is 4.79 Å². The Bertz CT molecular complexity index is 601. The number of nitrogens with one attached hydrogen (secondary N) is 2. The minimum atomic E-state index is -0.0524. The van der Waals surface area contributed by atoms with E-state index in [1.807, 2.05) is 35.6 Å². The number of aryl methyl sites for hydroxylation is 2. The number of hydrogen-bond acceptors (Lipinski definition) is 3. The minimum absolute atomic E-state index is 0.0524. The molecule has 1 amide bonds. The van der Waals surface area contributed by atoms with E-state index < -0.39 is 0 Å². The molecular weight excluding hydrogens is 268 g/mol. The Labute approximate surface area is 124 Å². The van der Waals surface area contributed by atoms with Crippen LogP contribution in [0.3, 0.4) is 0 Å². The lowest BCUT2D eigenvalue weighted by molar-refractivity contribution is -0.114. The molecule has 0 saturated carbocycles. The summed E-state index contributed by atoms with van der Waals surface area (Å²) in [6.45, 7) is 7.97. The summed E-state index contributed by atoms with van der Waals surface area (Å²) in [6.07, 6.45) is 0. The zero-order chi connectivity index (χ0) is 14.7. The number of amides is 1. The highest BCUT2D eigenvalue weighted by Crippen LogP contribution is 2.28. The molecule has 1 aromatic carbocycles. The molecule has 2 N–H and O–H groups in total. The maximum Gasteiger partial charge on any atom is 0.221 e. The topological polar surface area (TPSA) is 41.1 Å². The second-order valence-electron chi connectivity index (χ2n) is 4.99. The average Bonchev–Trinajstić information content (AvgIpc) is 2.70. The molecule has 0 bridgehead atoms. The minimum Gasteiger partial charge on any atom is -0.378 e. The van der Waals surface area contributed by atoms with Crippen molar-refractivity contribution in [1.29, 1.82) is 0 Å². The van der Waals surface area contributed by atoms with Gasteiger partial charge >= 0.3 is 0 Å². The third-order valence-corrected chi connectivity index (χ3v) is 4.12. The Hall–Kier alpha value is -1.81. The SMILES string of the molecule is CC(=O)Nc1ccc(NC(C)c2cc(C)sc2C)cc1. The maximum absolute atomic E-state index is 11.0. The van der Waals surface area contributed by atoms with Gasteiger partial charge in [-0.1, -0.05) is 0 Å². The Kier molecular flexibility index (Phi) is 4.45. The maximum atomic E-state index is 11.0. The number of benzene rings is 1. The highest BCUT2D eigenvalue weighted by atomic mass is 32.1. The Morgan fingerprint density at radius 1 is 1.15 bits per heavy atom. The first-order valence-corrected chi connectivity index (χ1v) is 7.48. The van der Waals surface area contributed by atoms with E-state index in [9.17, 15) is 4.79 Å². The van der Waals surface area contributed by atoms with Gasteiger partial charge in [0.25, 0.3) is 0 Å². The van der Waals surface area contributed by atoms with Gasteiger partial charge in [-0.3, -0.25) is 4.79 Å². The molecule has 0 saturated heterocycles. The molecule has 4 heteroatoms. The van der Waals surface area contributed by atoms with E-state index in [1.54, 1.807) is 0 Å². The molecule has 1 unspecified atom stereocenters. The van der Waals surface area contributed by atoms with E-state index in [1.165, 1.54) is 22.2 Å². The quantitative estimate of drug-likeness (QED) is 0.870. The lowest BCUT2D eigenvalue weighted by Crippen LogP contribution is -2.08. The number of carbonyl (C=O) groups excluding carboxylic acids is 1. The number of anilines is 2. The predicted octanol–water partition coefficient (Wildman–Crippen LogP) is 4.50. The highest BCUT2D eigenvalue weighted by molar-refractivity contribution is 7.12. The van der Waals surface area contributed by atoms with E-state index in [-0.39, 0.29) is 11.9 Å². The first-order valence-electron chi connectivity index (χ1n) is 6.67. The van der Waals surface area contributed by atoms with Crippen LogP contribution in [0.5, 0.6) is 0 Å².